The van der Waals surface area contributed by atoms with Gasteiger partial charge in [-0.1, -0.05) is 15.9 Å². The first-order chi connectivity index (χ1) is 9.22. The lowest BCUT2D eigenvalue weighted by Crippen LogP contribution is -2.34. The summed E-state index contributed by atoms with van der Waals surface area (Å²) >= 11 is 3.20. The summed E-state index contributed by atoms with van der Waals surface area (Å²) in [6.07, 6.45) is 0.0747. The lowest BCUT2D eigenvalue weighted by molar-refractivity contribution is -0.121. The van der Waals surface area contributed by atoms with Crippen molar-refractivity contribution in [2.24, 2.45) is 0 Å². The number of benzene rings is 1. The lowest BCUT2D eigenvalue weighted by Gasteiger charge is -2.11. The fourth-order valence-corrected chi connectivity index (χ4v) is 3.21. The number of amides is 1. The van der Waals surface area contributed by atoms with E-state index in [0.717, 1.165) is 0 Å². The highest BCUT2D eigenvalue weighted by molar-refractivity contribution is 9.10. The molecule has 0 heterocycles. The Bertz CT molecular complexity index is 588. The van der Waals surface area contributed by atoms with Gasteiger partial charge in [0.05, 0.1) is 5.69 Å². The van der Waals surface area contributed by atoms with Crippen LogP contribution in [0.2, 0.25) is 0 Å². The Kier molecular flexibility index (Phi) is 5.97. The molecule has 0 fully saturated rings. The van der Waals surface area contributed by atoms with Crippen molar-refractivity contribution in [3.05, 3.63) is 22.7 Å². The predicted octanol–water partition coefficient (Wildman–Crippen LogP) is 1.22. The molecule has 0 unspecified atom stereocenters. The summed E-state index contributed by atoms with van der Waals surface area (Å²) in [5.41, 5.74) is 5.81. The van der Waals surface area contributed by atoms with E-state index in [4.69, 9.17) is 5.73 Å². The van der Waals surface area contributed by atoms with Crippen LogP contribution in [0, 0.1) is 0 Å². The largest absolute Gasteiger partial charge is 0.398 e. The van der Waals surface area contributed by atoms with Crippen LogP contribution in [0.1, 0.15) is 20.3 Å². The maximum absolute atomic E-state index is 12.1. The predicted molar refractivity (Wildman–Crippen MR) is 81.6 cm³/mol. The molecule has 0 saturated heterocycles. The van der Waals surface area contributed by atoms with Crippen LogP contribution in [-0.4, -0.2) is 26.9 Å². The van der Waals surface area contributed by atoms with E-state index in [2.05, 4.69) is 26.0 Å². The number of nitrogen functional groups attached to an aromatic ring is 1. The Labute approximate surface area is 127 Å². The highest BCUT2D eigenvalue weighted by atomic mass is 79.9. The smallest absolute Gasteiger partial charge is 0.242 e. The minimum atomic E-state index is -3.72. The zero-order chi connectivity index (χ0) is 15.3. The zero-order valence-corrected chi connectivity index (χ0v) is 13.7. The summed E-state index contributed by atoms with van der Waals surface area (Å²) in [5.74, 6) is -0.204. The average molecular weight is 364 g/mol. The van der Waals surface area contributed by atoms with Crippen molar-refractivity contribution in [1.82, 2.24) is 10.0 Å². The number of carbonyl (C=O) groups is 1. The molecule has 0 aliphatic rings. The van der Waals surface area contributed by atoms with Gasteiger partial charge in [0.15, 0.2) is 0 Å². The molecule has 6 nitrogen and oxygen atoms in total. The first kappa shape index (κ1) is 16.9. The Morgan fingerprint density at radius 1 is 1.40 bits per heavy atom. The van der Waals surface area contributed by atoms with Gasteiger partial charge >= 0.3 is 0 Å². The third-order valence-electron chi connectivity index (χ3n) is 2.36. The van der Waals surface area contributed by atoms with E-state index < -0.39 is 10.0 Å². The standard InChI is InChI=1S/C12H18BrN3O3S/c1-8(2)16-12(17)5-6-15-20(18,19)11-7-9(13)3-4-10(11)14/h3-4,7-8,15H,5-6,14H2,1-2H3,(H,16,17). The normalized spacial score (nSPS) is 11.6. The molecule has 0 aromatic heterocycles. The number of rotatable bonds is 6. The lowest BCUT2D eigenvalue weighted by atomic mass is 10.3. The van der Waals surface area contributed by atoms with Gasteiger partial charge in [-0.3, -0.25) is 4.79 Å². The Balaban J connectivity index is 2.67. The third-order valence-corrected chi connectivity index (χ3v) is 4.37. The Morgan fingerprint density at radius 2 is 2.05 bits per heavy atom. The molecular formula is C12H18BrN3O3S. The van der Waals surface area contributed by atoms with Crippen molar-refractivity contribution < 1.29 is 13.2 Å². The van der Waals surface area contributed by atoms with Crippen molar-refractivity contribution in [2.75, 3.05) is 12.3 Å². The molecular weight excluding hydrogens is 346 g/mol. The first-order valence-corrected chi connectivity index (χ1v) is 8.34. The molecule has 1 rings (SSSR count). The van der Waals surface area contributed by atoms with E-state index >= 15 is 0 Å². The first-order valence-electron chi connectivity index (χ1n) is 6.06. The molecule has 112 valence electrons. The van der Waals surface area contributed by atoms with Gasteiger partial charge in [-0.2, -0.15) is 0 Å². The molecule has 0 radical (unpaired) electrons. The molecule has 0 saturated carbocycles. The topological polar surface area (TPSA) is 101 Å². The average Bonchev–Trinajstić information content (AvgIpc) is 2.30. The maximum atomic E-state index is 12.1. The molecule has 0 bridgehead atoms. The fraction of sp³-hybridized carbons (Fsp3) is 0.417. The van der Waals surface area contributed by atoms with E-state index in [1.807, 2.05) is 13.8 Å². The second-order valence-electron chi connectivity index (χ2n) is 4.55. The summed E-state index contributed by atoms with van der Waals surface area (Å²) < 4.78 is 27.1. The molecule has 1 amide bonds. The number of anilines is 1. The van der Waals surface area contributed by atoms with Crippen molar-refractivity contribution in [2.45, 2.75) is 31.2 Å². The molecule has 1 aromatic rings. The van der Waals surface area contributed by atoms with Crippen LogP contribution < -0.4 is 15.8 Å². The summed E-state index contributed by atoms with van der Waals surface area (Å²) in [6.45, 7) is 3.70. The maximum Gasteiger partial charge on any atom is 0.242 e. The molecule has 20 heavy (non-hydrogen) atoms. The molecule has 0 spiro atoms. The highest BCUT2D eigenvalue weighted by Gasteiger charge is 2.17. The number of carbonyl (C=O) groups excluding carboxylic acids is 1. The summed E-state index contributed by atoms with van der Waals surface area (Å²) in [4.78, 5) is 11.4. The molecule has 0 aliphatic heterocycles. The van der Waals surface area contributed by atoms with Crippen LogP contribution in [0.5, 0.6) is 0 Å². The minimum Gasteiger partial charge on any atom is -0.398 e. The molecule has 8 heteroatoms. The van der Waals surface area contributed by atoms with Crippen LogP contribution >= 0.6 is 15.9 Å². The van der Waals surface area contributed by atoms with Crippen molar-refractivity contribution in [1.29, 1.82) is 0 Å². The second-order valence-corrected chi connectivity index (χ2v) is 7.20. The highest BCUT2D eigenvalue weighted by Crippen LogP contribution is 2.22. The summed E-state index contributed by atoms with van der Waals surface area (Å²) in [5, 5.41) is 2.68. The van der Waals surface area contributed by atoms with Gasteiger partial charge in [0.25, 0.3) is 0 Å². The van der Waals surface area contributed by atoms with E-state index in [1.54, 1.807) is 6.07 Å². The van der Waals surface area contributed by atoms with Crippen LogP contribution in [0.25, 0.3) is 0 Å². The van der Waals surface area contributed by atoms with E-state index in [9.17, 15) is 13.2 Å². The van der Waals surface area contributed by atoms with Crippen molar-refractivity contribution in [3.8, 4) is 0 Å². The summed E-state index contributed by atoms with van der Waals surface area (Å²) in [6, 6.07) is 4.61. The number of hydrogen-bond acceptors (Lipinski definition) is 4. The van der Waals surface area contributed by atoms with Crippen LogP contribution in [-0.2, 0) is 14.8 Å². The van der Waals surface area contributed by atoms with Gasteiger partial charge in [0.2, 0.25) is 15.9 Å². The van der Waals surface area contributed by atoms with Crippen LogP contribution in [0.4, 0.5) is 5.69 Å². The SMILES string of the molecule is CC(C)NC(=O)CCNS(=O)(=O)c1cc(Br)ccc1N. The second kappa shape index (κ2) is 7.05. The number of sulfonamides is 1. The molecule has 4 N–H and O–H groups in total. The number of nitrogens with one attached hydrogen (secondary N) is 2. The minimum absolute atomic E-state index is 0.00357. The van der Waals surface area contributed by atoms with Crippen LogP contribution in [0.3, 0.4) is 0 Å². The monoisotopic (exact) mass is 363 g/mol. The van der Waals surface area contributed by atoms with E-state index in [-0.39, 0.29) is 35.5 Å². The molecule has 1 aromatic carbocycles. The van der Waals surface area contributed by atoms with Gasteiger partial charge in [0, 0.05) is 23.5 Å². The number of nitrogens with two attached hydrogens (primary N) is 1. The summed E-state index contributed by atoms with van der Waals surface area (Å²) in [7, 11) is -3.72. The third kappa shape index (κ3) is 5.10. The molecule has 0 aliphatic carbocycles. The Morgan fingerprint density at radius 3 is 2.65 bits per heavy atom. The quantitative estimate of drug-likeness (QED) is 0.661. The number of halogens is 1. The van der Waals surface area contributed by atoms with E-state index in [0.29, 0.717) is 4.47 Å². The van der Waals surface area contributed by atoms with E-state index in [1.165, 1.54) is 12.1 Å². The van der Waals surface area contributed by atoms with Gasteiger partial charge in [0.1, 0.15) is 4.90 Å². The number of hydrogen-bond donors (Lipinski definition) is 3. The van der Waals surface area contributed by atoms with Gasteiger partial charge < -0.3 is 11.1 Å². The van der Waals surface area contributed by atoms with Crippen LogP contribution in [0.15, 0.2) is 27.6 Å². The van der Waals surface area contributed by atoms with Crippen molar-refractivity contribution in [3.63, 3.8) is 0 Å². The van der Waals surface area contributed by atoms with Gasteiger partial charge in [-0.25, -0.2) is 13.1 Å². The molecule has 0 atom stereocenters. The Hall–Kier alpha value is -1.12. The van der Waals surface area contributed by atoms with Gasteiger partial charge in [-0.05, 0) is 32.0 Å². The zero-order valence-electron chi connectivity index (χ0n) is 11.3. The fourth-order valence-electron chi connectivity index (χ4n) is 1.51. The van der Waals surface area contributed by atoms with Crippen molar-refractivity contribution >= 4 is 37.5 Å². The van der Waals surface area contributed by atoms with Gasteiger partial charge in [-0.15, -0.1) is 0 Å².